The van der Waals surface area contributed by atoms with Crippen molar-refractivity contribution < 1.29 is 10.0 Å². The van der Waals surface area contributed by atoms with Gasteiger partial charge >= 0.3 is 0 Å². The van der Waals surface area contributed by atoms with Crippen molar-refractivity contribution in [3.8, 4) is 0 Å². The minimum Gasteiger partial charge on any atom is -0.409 e. The van der Waals surface area contributed by atoms with E-state index in [2.05, 4.69) is 31.2 Å². The number of nitrogens with one attached hydrogen (secondary N) is 1. The van der Waals surface area contributed by atoms with Gasteiger partial charge in [-0.3, -0.25) is 4.79 Å². The average molecular weight is 285 g/mol. The molecule has 5 heteroatoms. The lowest BCUT2D eigenvalue weighted by molar-refractivity contribution is -0.128. The lowest BCUT2D eigenvalue weighted by atomic mass is 9.77. The molecule has 0 saturated heterocycles. The van der Waals surface area contributed by atoms with Crippen molar-refractivity contribution in [2.75, 3.05) is 6.54 Å². The van der Waals surface area contributed by atoms with E-state index >= 15 is 0 Å². The van der Waals surface area contributed by atoms with E-state index in [-0.39, 0.29) is 17.2 Å². The van der Waals surface area contributed by atoms with Crippen molar-refractivity contribution in [3.05, 3.63) is 0 Å². The van der Waals surface area contributed by atoms with E-state index in [1.165, 1.54) is 0 Å². The Kier molecular flexibility index (Phi) is 7.61. The van der Waals surface area contributed by atoms with E-state index in [4.69, 9.17) is 10.9 Å². The number of oxime groups is 1. The van der Waals surface area contributed by atoms with Gasteiger partial charge in [0.25, 0.3) is 0 Å². The number of nitrogens with two attached hydrogens (primary N) is 1. The summed E-state index contributed by atoms with van der Waals surface area (Å²) in [6.07, 6.45) is 3.70. The predicted molar refractivity (Wildman–Crippen MR) is 82.7 cm³/mol. The summed E-state index contributed by atoms with van der Waals surface area (Å²) in [6, 6.07) is 0. The molecule has 0 rings (SSSR count). The Bertz CT molecular complexity index is 327. The molecule has 4 N–H and O–H groups in total. The number of amides is 1. The van der Waals surface area contributed by atoms with E-state index in [1.54, 1.807) is 0 Å². The molecule has 0 atom stereocenters. The Balaban J connectivity index is 4.96. The fourth-order valence-corrected chi connectivity index (χ4v) is 2.39. The molecule has 0 radical (unpaired) electrons. The van der Waals surface area contributed by atoms with Crippen LogP contribution < -0.4 is 11.1 Å². The molecular weight excluding hydrogens is 254 g/mol. The van der Waals surface area contributed by atoms with E-state index in [9.17, 15) is 4.79 Å². The van der Waals surface area contributed by atoms with Crippen LogP contribution in [0.1, 0.15) is 66.7 Å². The summed E-state index contributed by atoms with van der Waals surface area (Å²) >= 11 is 0. The van der Waals surface area contributed by atoms with Gasteiger partial charge in [-0.25, -0.2) is 0 Å². The van der Waals surface area contributed by atoms with E-state index in [1.807, 2.05) is 13.8 Å². The summed E-state index contributed by atoms with van der Waals surface area (Å²) in [6.45, 7) is 11.0. The van der Waals surface area contributed by atoms with Gasteiger partial charge in [0.1, 0.15) is 5.41 Å². The fourth-order valence-electron chi connectivity index (χ4n) is 2.39. The molecular formula is C15H31N3O2. The summed E-state index contributed by atoms with van der Waals surface area (Å²) in [5, 5.41) is 15.1. The van der Waals surface area contributed by atoms with E-state index < -0.39 is 5.41 Å². The Labute approximate surface area is 123 Å². The lowest BCUT2D eigenvalue weighted by Crippen LogP contribution is -2.50. The van der Waals surface area contributed by atoms with Gasteiger partial charge in [-0.1, -0.05) is 52.6 Å². The smallest absolute Gasteiger partial charge is 0.233 e. The molecule has 0 saturated carbocycles. The largest absolute Gasteiger partial charge is 0.409 e. The summed E-state index contributed by atoms with van der Waals surface area (Å²) in [5.74, 6) is -0.102. The highest BCUT2D eigenvalue weighted by atomic mass is 16.4. The number of hydrogen-bond acceptors (Lipinski definition) is 3. The maximum absolute atomic E-state index is 12.5. The zero-order valence-corrected chi connectivity index (χ0v) is 13.6. The first kappa shape index (κ1) is 18.7. The first-order valence-electron chi connectivity index (χ1n) is 7.49. The second-order valence-electron chi connectivity index (χ2n) is 6.63. The predicted octanol–water partition coefficient (Wildman–Crippen LogP) is 2.87. The van der Waals surface area contributed by atoms with Crippen LogP contribution in [0.4, 0.5) is 0 Å². The minimum atomic E-state index is -0.879. The van der Waals surface area contributed by atoms with Gasteiger partial charge in [-0.05, 0) is 24.7 Å². The molecule has 0 bridgehead atoms. The van der Waals surface area contributed by atoms with E-state index in [0.29, 0.717) is 19.4 Å². The molecule has 0 aromatic rings. The molecule has 0 aliphatic heterocycles. The van der Waals surface area contributed by atoms with Gasteiger partial charge in [-0.15, -0.1) is 0 Å². The van der Waals surface area contributed by atoms with Crippen molar-refractivity contribution in [1.29, 1.82) is 0 Å². The second kappa shape index (κ2) is 8.12. The highest BCUT2D eigenvalue weighted by molar-refractivity contribution is 6.06. The monoisotopic (exact) mass is 285 g/mol. The zero-order chi connectivity index (χ0) is 15.8. The highest BCUT2D eigenvalue weighted by Gasteiger charge is 2.41. The van der Waals surface area contributed by atoms with Crippen LogP contribution in [0.15, 0.2) is 5.16 Å². The molecule has 0 aliphatic carbocycles. The number of carbonyl (C=O) groups is 1. The minimum absolute atomic E-state index is 0.0226. The molecule has 0 fully saturated rings. The van der Waals surface area contributed by atoms with Crippen LogP contribution in [0.25, 0.3) is 0 Å². The van der Waals surface area contributed by atoms with Crippen molar-refractivity contribution >= 4 is 11.7 Å². The van der Waals surface area contributed by atoms with Crippen LogP contribution in [-0.4, -0.2) is 23.5 Å². The quantitative estimate of drug-likeness (QED) is 0.277. The molecule has 0 spiro atoms. The molecule has 5 nitrogen and oxygen atoms in total. The first-order valence-corrected chi connectivity index (χ1v) is 7.49. The highest BCUT2D eigenvalue weighted by Crippen LogP contribution is 2.31. The van der Waals surface area contributed by atoms with Crippen LogP contribution in [0.2, 0.25) is 0 Å². The maximum atomic E-state index is 12.5. The number of amidine groups is 1. The number of rotatable bonds is 8. The molecule has 20 heavy (non-hydrogen) atoms. The third-order valence-electron chi connectivity index (χ3n) is 3.55. The van der Waals surface area contributed by atoms with E-state index in [0.717, 1.165) is 19.3 Å². The fraction of sp³-hybridized carbons (Fsp3) is 0.867. The molecule has 0 aromatic carbocycles. The molecule has 118 valence electrons. The Morgan fingerprint density at radius 3 is 2.00 bits per heavy atom. The Morgan fingerprint density at radius 2 is 1.65 bits per heavy atom. The molecule has 0 unspecified atom stereocenters. The van der Waals surface area contributed by atoms with Gasteiger partial charge < -0.3 is 16.3 Å². The number of nitrogens with zero attached hydrogens (tertiary/aromatic N) is 1. The lowest BCUT2D eigenvalue weighted by Gasteiger charge is -2.31. The SMILES string of the molecule is CCCC(CCC)(C(=O)NCCC(C)(C)C)C(N)=NO. The van der Waals surface area contributed by atoms with Crippen LogP contribution in [-0.2, 0) is 4.79 Å². The average Bonchev–Trinajstić information content (AvgIpc) is 2.35. The molecule has 0 heterocycles. The summed E-state index contributed by atoms with van der Waals surface area (Å²) in [5.41, 5.74) is 5.11. The van der Waals surface area contributed by atoms with Crippen LogP contribution in [0.3, 0.4) is 0 Å². The standard InChI is InChI=1S/C15H31N3O2/c1-6-8-15(9-7-2,12(16)18-20)13(19)17-11-10-14(3,4)5/h20H,6-11H2,1-5H3,(H2,16,18)(H,17,19). The summed E-state index contributed by atoms with van der Waals surface area (Å²) < 4.78 is 0. The van der Waals surface area contributed by atoms with Crippen molar-refractivity contribution in [2.45, 2.75) is 66.7 Å². The van der Waals surface area contributed by atoms with Gasteiger partial charge in [-0.2, -0.15) is 0 Å². The van der Waals surface area contributed by atoms with Gasteiger partial charge in [0.2, 0.25) is 5.91 Å². The van der Waals surface area contributed by atoms with Crippen molar-refractivity contribution in [1.82, 2.24) is 5.32 Å². The molecule has 0 aliphatic rings. The molecule has 0 aromatic heterocycles. The van der Waals surface area contributed by atoms with Gasteiger partial charge in [0, 0.05) is 6.54 Å². The third-order valence-corrected chi connectivity index (χ3v) is 3.55. The first-order chi connectivity index (χ1) is 9.23. The zero-order valence-electron chi connectivity index (χ0n) is 13.6. The van der Waals surface area contributed by atoms with Gasteiger partial charge in [0.15, 0.2) is 5.84 Å². The normalized spacial score (nSPS) is 13.3. The van der Waals surface area contributed by atoms with Crippen LogP contribution >= 0.6 is 0 Å². The summed E-state index contributed by atoms with van der Waals surface area (Å²) in [7, 11) is 0. The number of carbonyl (C=O) groups excluding carboxylic acids is 1. The van der Waals surface area contributed by atoms with Crippen LogP contribution in [0, 0.1) is 10.8 Å². The Morgan fingerprint density at radius 1 is 1.15 bits per heavy atom. The van der Waals surface area contributed by atoms with Gasteiger partial charge in [0.05, 0.1) is 0 Å². The topological polar surface area (TPSA) is 87.7 Å². The maximum Gasteiger partial charge on any atom is 0.233 e. The van der Waals surface area contributed by atoms with Crippen LogP contribution in [0.5, 0.6) is 0 Å². The Hall–Kier alpha value is -1.26. The van der Waals surface area contributed by atoms with Crippen molar-refractivity contribution in [3.63, 3.8) is 0 Å². The second-order valence-corrected chi connectivity index (χ2v) is 6.63. The number of hydrogen-bond donors (Lipinski definition) is 3. The molecule has 1 amide bonds. The summed E-state index contributed by atoms with van der Waals surface area (Å²) in [4.78, 5) is 12.5. The third kappa shape index (κ3) is 5.39. The van der Waals surface area contributed by atoms with Crippen molar-refractivity contribution in [2.24, 2.45) is 21.7 Å².